The van der Waals surface area contributed by atoms with Gasteiger partial charge in [0, 0.05) is 59.9 Å². The fourth-order valence-corrected chi connectivity index (χ4v) is 4.19. The predicted molar refractivity (Wildman–Crippen MR) is 128 cm³/mol. The van der Waals surface area contributed by atoms with Gasteiger partial charge in [-0.25, -0.2) is 4.99 Å². The lowest BCUT2D eigenvalue weighted by Gasteiger charge is -2.39. The number of carbonyl (C=O) groups excluding carboxylic acids is 2. The van der Waals surface area contributed by atoms with Crippen LogP contribution in [0.1, 0.15) is 25.3 Å². The number of likely N-dealkylation sites (tertiary alicyclic amines) is 1. The highest BCUT2D eigenvalue weighted by Crippen LogP contribution is 2.14. The number of piperazine rings is 1. The molecule has 8 heteroatoms. The Morgan fingerprint density at radius 2 is 1.66 bits per heavy atom. The third-order valence-corrected chi connectivity index (χ3v) is 6.34. The van der Waals surface area contributed by atoms with E-state index in [9.17, 15) is 9.59 Å². The van der Waals surface area contributed by atoms with Crippen LogP contribution in [0.5, 0.6) is 0 Å². The van der Waals surface area contributed by atoms with E-state index < -0.39 is 0 Å². The summed E-state index contributed by atoms with van der Waals surface area (Å²) < 4.78 is 0. The summed E-state index contributed by atoms with van der Waals surface area (Å²) in [7, 11) is 3.50. The fourth-order valence-electron chi connectivity index (χ4n) is 4.19. The Morgan fingerprint density at radius 1 is 1.00 bits per heavy atom. The summed E-state index contributed by atoms with van der Waals surface area (Å²) in [6.45, 7) is 7.88. The molecule has 2 aliphatic rings. The minimum atomic E-state index is -0.0861. The smallest absolute Gasteiger partial charge is 0.243 e. The van der Waals surface area contributed by atoms with Crippen LogP contribution in [0.15, 0.2) is 35.3 Å². The molecule has 2 fully saturated rings. The molecule has 0 bridgehead atoms. The molecule has 0 saturated carbocycles. The first-order valence-corrected chi connectivity index (χ1v) is 11.8. The molecule has 32 heavy (non-hydrogen) atoms. The van der Waals surface area contributed by atoms with Crippen molar-refractivity contribution in [2.24, 2.45) is 4.99 Å². The highest BCUT2D eigenvalue weighted by atomic mass is 16.2. The molecular formula is C24H38N6O2. The van der Waals surface area contributed by atoms with Gasteiger partial charge in [-0.05, 0) is 31.7 Å². The van der Waals surface area contributed by atoms with Gasteiger partial charge in [0.05, 0.1) is 6.04 Å². The van der Waals surface area contributed by atoms with E-state index in [1.54, 1.807) is 19.0 Å². The van der Waals surface area contributed by atoms with Crippen LogP contribution in [-0.2, 0) is 16.0 Å². The summed E-state index contributed by atoms with van der Waals surface area (Å²) in [5.41, 5.74) is 1.27. The quantitative estimate of drug-likeness (QED) is 0.502. The molecule has 2 saturated heterocycles. The van der Waals surface area contributed by atoms with Crippen molar-refractivity contribution < 1.29 is 9.59 Å². The van der Waals surface area contributed by atoms with Gasteiger partial charge in [-0.15, -0.1) is 0 Å². The van der Waals surface area contributed by atoms with Gasteiger partial charge < -0.3 is 20.0 Å². The van der Waals surface area contributed by atoms with Crippen molar-refractivity contribution in [2.45, 2.75) is 32.2 Å². The van der Waals surface area contributed by atoms with Gasteiger partial charge in [0.15, 0.2) is 5.96 Å². The summed E-state index contributed by atoms with van der Waals surface area (Å²) in [5.74, 6) is 1.01. The van der Waals surface area contributed by atoms with Crippen LogP contribution in [-0.4, -0.2) is 110 Å². The van der Waals surface area contributed by atoms with E-state index in [0.29, 0.717) is 0 Å². The zero-order chi connectivity index (χ0) is 22.9. The molecule has 1 aromatic carbocycles. The first-order valence-electron chi connectivity index (χ1n) is 11.8. The number of guanidine groups is 1. The Balaban J connectivity index is 1.56. The van der Waals surface area contributed by atoms with Crippen molar-refractivity contribution in [1.29, 1.82) is 0 Å². The van der Waals surface area contributed by atoms with Gasteiger partial charge in [0.2, 0.25) is 11.8 Å². The second kappa shape index (κ2) is 11.9. The summed E-state index contributed by atoms with van der Waals surface area (Å²) >= 11 is 0. The Bertz CT molecular complexity index is 768. The number of nitrogens with zero attached hydrogens (tertiary/aromatic N) is 5. The molecule has 2 aliphatic heterocycles. The molecule has 176 valence electrons. The monoisotopic (exact) mass is 442 g/mol. The van der Waals surface area contributed by atoms with E-state index in [1.165, 1.54) is 5.56 Å². The SMILES string of the molecule is CC(C(=O)N1CCCC1)N1CCN(C(=NCC(=O)N(C)C)NCCc2ccccc2)CC1. The number of hydrogen-bond acceptors (Lipinski definition) is 4. The van der Waals surface area contributed by atoms with Crippen molar-refractivity contribution >= 4 is 17.8 Å². The third-order valence-electron chi connectivity index (χ3n) is 6.34. The first kappa shape index (κ1) is 24.0. The molecule has 8 nitrogen and oxygen atoms in total. The maximum absolute atomic E-state index is 12.8. The van der Waals surface area contributed by atoms with Crippen molar-refractivity contribution in [1.82, 2.24) is 24.9 Å². The average molecular weight is 443 g/mol. The van der Waals surface area contributed by atoms with Gasteiger partial charge in [0.25, 0.3) is 0 Å². The van der Waals surface area contributed by atoms with E-state index >= 15 is 0 Å². The number of hydrogen-bond donors (Lipinski definition) is 1. The summed E-state index contributed by atoms with van der Waals surface area (Å²) in [6, 6.07) is 10.3. The average Bonchev–Trinajstić information content (AvgIpc) is 3.36. The zero-order valence-electron chi connectivity index (χ0n) is 19.8. The van der Waals surface area contributed by atoms with Gasteiger partial charge in [-0.3, -0.25) is 14.5 Å². The molecule has 3 rings (SSSR count). The molecule has 2 amide bonds. The second-order valence-electron chi connectivity index (χ2n) is 8.82. The van der Waals surface area contributed by atoms with E-state index in [-0.39, 0.29) is 24.4 Å². The largest absolute Gasteiger partial charge is 0.356 e. The van der Waals surface area contributed by atoms with Gasteiger partial charge in [0.1, 0.15) is 6.54 Å². The number of likely N-dealkylation sites (N-methyl/N-ethyl adjacent to an activating group) is 1. The van der Waals surface area contributed by atoms with Crippen LogP contribution in [0, 0.1) is 0 Å². The molecule has 0 aromatic heterocycles. The van der Waals surface area contributed by atoms with Crippen molar-refractivity contribution in [3.63, 3.8) is 0 Å². The Hall–Kier alpha value is -2.61. The number of nitrogens with one attached hydrogen (secondary N) is 1. The van der Waals surface area contributed by atoms with Gasteiger partial charge in [-0.2, -0.15) is 0 Å². The van der Waals surface area contributed by atoms with Crippen molar-refractivity contribution in [3.05, 3.63) is 35.9 Å². The molecule has 1 atom stereocenters. The first-order chi connectivity index (χ1) is 15.5. The minimum Gasteiger partial charge on any atom is -0.356 e. The number of benzene rings is 1. The van der Waals surface area contributed by atoms with Crippen LogP contribution in [0.25, 0.3) is 0 Å². The Labute approximate surface area is 192 Å². The minimum absolute atomic E-state index is 0.0178. The number of rotatable bonds is 7. The standard InChI is InChI=1S/C24H38N6O2/c1-20(23(32)29-13-7-8-14-29)28-15-17-30(18-16-28)24(26-19-22(31)27(2)3)25-12-11-21-9-5-4-6-10-21/h4-6,9-10,20H,7-8,11-19H2,1-3H3,(H,25,26). The molecule has 0 aliphatic carbocycles. The van der Waals surface area contributed by atoms with Crippen molar-refractivity contribution in [2.75, 3.05) is 66.5 Å². The highest BCUT2D eigenvalue weighted by Gasteiger charge is 2.30. The van der Waals surface area contributed by atoms with Crippen LogP contribution in [0.4, 0.5) is 0 Å². The predicted octanol–water partition coefficient (Wildman–Crippen LogP) is 0.891. The normalized spacial score (nSPS) is 18.5. The Kier molecular flexibility index (Phi) is 8.90. The van der Waals surface area contributed by atoms with Crippen molar-refractivity contribution in [3.8, 4) is 0 Å². The lowest BCUT2D eigenvalue weighted by atomic mass is 10.1. The highest BCUT2D eigenvalue weighted by molar-refractivity contribution is 5.85. The molecule has 1 unspecified atom stereocenters. The molecule has 0 spiro atoms. The maximum atomic E-state index is 12.8. The summed E-state index contributed by atoms with van der Waals surface area (Å²) in [4.78, 5) is 37.5. The topological polar surface area (TPSA) is 71.5 Å². The molecule has 0 radical (unpaired) electrons. The maximum Gasteiger partial charge on any atom is 0.243 e. The van der Waals surface area contributed by atoms with Gasteiger partial charge in [-0.1, -0.05) is 30.3 Å². The van der Waals surface area contributed by atoms with Crippen LogP contribution >= 0.6 is 0 Å². The van der Waals surface area contributed by atoms with E-state index in [4.69, 9.17) is 0 Å². The third kappa shape index (κ3) is 6.69. The van der Waals surface area contributed by atoms with Gasteiger partial charge >= 0.3 is 0 Å². The van der Waals surface area contributed by atoms with E-state index in [2.05, 4.69) is 32.2 Å². The summed E-state index contributed by atoms with van der Waals surface area (Å²) in [5, 5.41) is 3.46. The lowest BCUT2D eigenvalue weighted by Crippen LogP contribution is -2.57. The fraction of sp³-hybridized carbons (Fsp3) is 0.625. The molecule has 2 heterocycles. The number of aliphatic imine (C=N–C) groups is 1. The zero-order valence-corrected chi connectivity index (χ0v) is 19.8. The van der Waals surface area contributed by atoms with Crippen LogP contribution in [0.2, 0.25) is 0 Å². The van der Waals surface area contributed by atoms with Crippen LogP contribution in [0.3, 0.4) is 0 Å². The van der Waals surface area contributed by atoms with E-state index in [0.717, 1.165) is 71.0 Å². The summed E-state index contributed by atoms with van der Waals surface area (Å²) in [6.07, 6.45) is 3.13. The molecule has 1 aromatic rings. The van der Waals surface area contributed by atoms with Crippen LogP contribution < -0.4 is 5.32 Å². The number of amides is 2. The van der Waals surface area contributed by atoms with E-state index in [1.807, 2.05) is 30.0 Å². The lowest BCUT2D eigenvalue weighted by molar-refractivity contribution is -0.135. The molecular weight excluding hydrogens is 404 g/mol. The molecule has 1 N–H and O–H groups in total. The number of carbonyl (C=O) groups is 2. The second-order valence-corrected chi connectivity index (χ2v) is 8.82. The Morgan fingerprint density at radius 3 is 2.28 bits per heavy atom.